The average molecular weight is 319 g/mol. The van der Waals surface area contributed by atoms with Gasteiger partial charge in [0.05, 0.1) is 18.0 Å². The van der Waals surface area contributed by atoms with Gasteiger partial charge in [0.1, 0.15) is 5.15 Å². The molecule has 0 bridgehead atoms. The second-order valence-electron chi connectivity index (χ2n) is 5.66. The lowest BCUT2D eigenvalue weighted by molar-refractivity contribution is 0.278. The zero-order valence-electron chi connectivity index (χ0n) is 11.7. The number of aromatic nitrogens is 2. The number of benzene rings is 1. The normalized spacial score (nSPS) is 12.0. The molecule has 0 fully saturated rings. The van der Waals surface area contributed by atoms with E-state index in [9.17, 15) is 18.3 Å². The maximum absolute atomic E-state index is 13.3. The van der Waals surface area contributed by atoms with E-state index in [2.05, 4.69) is 5.10 Å². The molecule has 114 valence electrons. The molecule has 0 atom stereocenters. The van der Waals surface area contributed by atoms with Crippen molar-refractivity contribution in [3.05, 3.63) is 46.0 Å². The van der Waals surface area contributed by atoms with Crippen LogP contribution >= 0.6 is 11.6 Å². The van der Waals surface area contributed by atoms with Crippen LogP contribution in [0.2, 0.25) is 5.15 Å². The first-order chi connectivity index (χ1) is 9.66. The van der Waals surface area contributed by atoms with E-state index in [1.165, 1.54) is 0 Å². The predicted molar refractivity (Wildman–Crippen MR) is 73.1 cm³/mol. The van der Waals surface area contributed by atoms with Crippen molar-refractivity contribution >= 4 is 11.6 Å². The van der Waals surface area contributed by atoms with E-state index in [-0.39, 0.29) is 17.4 Å². The number of hydrogen-bond donors (Lipinski definition) is 1. The van der Waals surface area contributed by atoms with Gasteiger partial charge >= 0.3 is 0 Å². The van der Waals surface area contributed by atoms with E-state index in [1.807, 2.05) is 20.8 Å². The van der Waals surface area contributed by atoms with Crippen LogP contribution in [0.25, 0.3) is 5.69 Å². The van der Waals surface area contributed by atoms with Crippen LogP contribution in [0.1, 0.15) is 32.0 Å². The number of nitrogens with zero attached hydrogens (tertiary/aromatic N) is 2. The van der Waals surface area contributed by atoms with Crippen molar-refractivity contribution in [2.24, 2.45) is 0 Å². The maximum Gasteiger partial charge on any atom is 0.194 e. The van der Waals surface area contributed by atoms with E-state index in [0.717, 1.165) is 16.8 Å². The van der Waals surface area contributed by atoms with Crippen LogP contribution in [-0.2, 0) is 12.0 Å². The number of aliphatic hydroxyl groups is 1. The minimum Gasteiger partial charge on any atom is -0.391 e. The SMILES string of the molecule is CC(C)(C)c1nn(-c2cc(F)c(F)c(F)c2)c(Cl)c1CO. The first kappa shape index (κ1) is 15.9. The molecule has 0 unspecified atom stereocenters. The van der Waals surface area contributed by atoms with Gasteiger partial charge in [0.2, 0.25) is 0 Å². The summed E-state index contributed by atoms with van der Waals surface area (Å²) in [6.07, 6.45) is 0. The Morgan fingerprint density at radius 1 is 1.19 bits per heavy atom. The molecule has 0 aliphatic rings. The van der Waals surface area contributed by atoms with Gasteiger partial charge in [-0.1, -0.05) is 32.4 Å². The van der Waals surface area contributed by atoms with Gasteiger partial charge in [-0.2, -0.15) is 5.10 Å². The number of aliphatic hydroxyl groups excluding tert-OH is 1. The molecule has 1 aromatic heterocycles. The van der Waals surface area contributed by atoms with E-state index >= 15 is 0 Å². The molecule has 1 aromatic carbocycles. The highest BCUT2D eigenvalue weighted by atomic mass is 35.5. The highest BCUT2D eigenvalue weighted by Gasteiger charge is 2.26. The second-order valence-corrected chi connectivity index (χ2v) is 6.02. The molecule has 0 saturated heterocycles. The van der Waals surface area contributed by atoms with Gasteiger partial charge in [-0.15, -0.1) is 0 Å². The summed E-state index contributed by atoms with van der Waals surface area (Å²) in [5.74, 6) is -4.22. The third kappa shape index (κ3) is 2.78. The quantitative estimate of drug-likeness (QED) is 0.857. The van der Waals surface area contributed by atoms with Gasteiger partial charge in [-0.25, -0.2) is 17.9 Å². The van der Waals surface area contributed by atoms with Gasteiger partial charge in [-0.05, 0) is 0 Å². The smallest absolute Gasteiger partial charge is 0.194 e. The summed E-state index contributed by atoms with van der Waals surface area (Å²) in [5.41, 5.74) is 0.389. The van der Waals surface area contributed by atoms with Crippen LogP contribution in [0.3, 0.4) is 0 Å². The van der Waals surface area contributed by atoms with Crippen LogP contribution in [0.5, 0.6) is 0 Å². The number of rotatable bonds is 2. The third-order valence-corrected chi connectivity index (χ3v) is 3.39. The van der Waals surface area contributed by atoms with Crippen LogP contribution in [-0.4, -0.2) is 14.9 Å². The van der Waals surface area contributed by atoms with Gasteiger partial charge in [0.25, 0.3) is 0 Å². The van der Waals surface area contributed by atoms with Crippen molar-refractivity contribution < 1.29 is 18.3 Å². The fraction of sp³-hybridized carbons (Fsp3) is 0.357. The standard InChI is InChI=1S/C14H14ClF3N2O/c1-14(2,3)12-8(6-21)13(15)20(19-12)7-4-9(16)11(18)10(17)5-7/h4-5,21H,6H2,1-3H3. The predicted octanol–water partition coefficient (Wildman–Crippen LogP) is 3.73. The minimum absolute atomic E-state index is 0.0350. The zero-order chi connectivity index (χ0) is 15.9. The molecular weight excluding hydrogens is 305 g/mol. The summed E-state index contributed by atoms with van der Waals surface area (Å²) in [6.45, 7) is 5.22. The summed E-state index contributed by atoms with van der Waals surface area (Å²) in [6, 6.07) is 1.59. The highest BCUT2D eigenvalue weighted by Crippen LogP contribution is 2.32. The molecule has 2 aromatic rings. The fourth-order valence-corrected chi connectivity index (χ4v) is 2.29. The largest absolute Gasteiger partial charge is 0.391 e. The molecule has 2 rings (SSSR count). The minimum atomic E-state index is -1.56. The zero-order valence-corrected chi connectivity index (χ0v) is 12.5. The van der Waals surface area contributed by atoms with Gasteiger partial charge in [-0.3, -0.25) is 0 Å². The molecular formula is C14H14ClF3N2O. The molecule has 1 heterocycles. The van der Waals surface area contributed by atoms with E-state index in [0.29, 0.717) is 11.3 Å². The van der Waals surface area contributed by atoms with Crippen LogP contribution in [0.15, 0.2) is 12.1 Å². The molecule has 0 radical (unpaired) electrons. The average Bonchev–Trinajstić information content (AvgIpc) is 2.72. The molecule has 0 spiro atoms. The van der Waals surface area contributed by atoms with Gasteiger partial charge in [0, 0.05) is 23.1 Å². The summed E-state index contributed by atoms with van der Waals surface area (Å²) in [4.78, 5) is 0. The van der Waals surface area contributed by atoms with E-state index in [1.54, 1.807) is 0 Å². The first-order valence-corrected chi connectivity index (χ1v) is 6.58. The maximum atomic E-state index is 13.3. The number of halogens is 4. The monoisotopic (exact) mass is 318 g/mol. The molecule has 1 N–H and O–H groups in total. The van der Waals surface area contributed by atoms with Crippen molar-refractivity contribution in [2.75, 3.05) is 0 Å². The van der Waals surface area contributed by atoms with Crippen molar-refractivity contribution in [1.82, 2.24) is 9.78 Å². The molecule has 7 heteroatoms. The van der Waals surface area contributed by atoms with Gasteiger partial charge < -0.3 is 5.11 Å². The summed E-state index contributed by atoms with van der Waals surface area (Å²) in [7, 11) is 0. The molecule has 0 amide bonds. The summed E-state index contributed by atoms with van der Waals surface area (Å²) < 4.78 is 40.8. The topological polar surface area (TPSA) is 38.0 Å². The molecule has 3 nitrogen and oxygen atoms in total. The summed E-state index contributed by atoms with van der Waals surface area (Å²) >= 11 is 6.12. The van der Waals surface area contributed by atoms with Crippen LogP contribution in [0.4, 0.5) is 13.2 Å². The Kier molecular flexibility index (Phi) is 4.04. The van der Waals surface area contributed by atoms with Crippen molar-refractivity contribution in [3.63, 3.8) is 0 Å². The molecule has 21 heavy (non-hydrogen) atoms. The lowest BCUT2D eigenvalue weighted by Gasteiger charge is -2.16. The molecule has 0 aliphatic heterocycles. The number of hydrogen-bond acceptors (Lipinski definition) is 2. The Morgan fingerprint density at radius 2 is 1.71 bits per heavy atom. The Labute approximate surface area is 125 Å². The van der Waals surface area contributed by atoms with Crippen molar-refractivity contribution in [2.45, 2.75) is 32.8 Å². The lowest BCUT2D eigenvalue weighted by atomic mass is 9.90. The third-order valence-electron chi connectivity index (χ3n) is 3.00. The van der Waals surface area contributed by atoms with E-state index in [4.69, 9.17) is 11.6 Å². The van der Waals surface area contributed by atoms with Gasteiger partial charge in [0.15, 0.2) is 17.5 Å². The van der Waals surface area contributed by atoms with Crippen molar-refractivity contribution in [3.8, 4) is 5.69 Å². The Hall–Kier alpha value is -1.53. The Bertz CT molecular complexity index is 669. The molecule has 0 aliphatic carbocycles. The van der Waals surface area contributed by atoms with Crippen LogP contribution < -0.4 is 0 Å². The lowest BCUT2D eigenvalue weighted by Crippen LogP contribution is -2.15. The van der Waals surface area contributed by atoms with E-state index < -0.39 is 22.9 Å². The highest BCUT2D eigenvalue weighted by molar-refractivity contribution is 6.30. The fourth-order valence-electron chi connectivity index (χ4n) is 2.01. The van der Waals surface area contributed by atoms with Crippen molar-refractivity contribution in [1.29, 1.82) is 0 Å². The summed E-state index contributed by atoms with van der Waals surface area (Å²) in [5, 5.41) is 13.7. The molecule has 0 saturated carbocycles. The second kappa shape index (κ2) is 5.35. The van der Waals surface area contributed by atoms with Crippen LogP contribution in [0, 0.1) is 17.5 Å². The first-order valence-electron chi connectivity index (χ1n) is 6.20. The Balaban J connectivity index is 2.68. The Morgan fingerprint density at radius 3 is 2.10 bits per heavy atom.